The normalized spacial score (nSPS) is 13.3. The lowest BCUT2D eigenvalue weighted by Crippen LogP contribution is -2.36. The number of anilines is 3. The Hall–Kier alpha value is -6.13. The molecule has 1 amide bonds. The average molecular weight is 660 g/mol. The molecular weight excluding hydrogens is 634 g/mol. The number of H-pyrrole nitrogens is 1. The predicted molar refractivity (Wildman–Crippen MR) is 172 cm³/mol. The molecule has 0 radical (unpaired) electrons. The highest BCUT2D eigenvalue weighted by Crippen LogP contribution is 2.33. The minimum absolute atomic E-state index is 0. The largest absolute Gasteiger partial charge is 0.477 e. The van der Waals surface area contributed by atoms with Gasteiger partial charge in [-0.05, 0) is 47.7 Å². The molecule has 0 spiro atoms. The summed E-state index contributed by atoms with van der Waals surface area (Å²) in [4.78, 5) is 68.1. The summed E-state index contributed by atoms with van der Waals surface area (Å²) in [6.07, 6.45) is 4.14. The van der Waals surface area contributed by atoms with Crippen molar-refractivity contribution in [2.75, 3.05) is 11.1 Å². The van der Waals surface area contributed by atoms with E-state index in [2.05, 4.69) is 35.3 Å². The number of nitrogens with zero attached hydrogens (tertiary/aromatic N) is 4. The van der Waals surface area contributed by atoms with Crippen LogP contribution in [0, 0.1) is 0 Å². The van der Waals surface area contributed by atoms with Crippen LogP contribution in [0.5, 0.6) is 0 Å². The molecular formula is C30H26ClN9O7. The topological polar surface area (TPSA) is 254 Å². The predicted octanol–water partition coefficient (Wildman–Crippen LogP) is 1.68. The Bertz CT molecular complexity index is 2270. The van der Waals surface area contributed by atoms with Gasteiger partial charge in [-0.15, -0.1) is 12.4 Å². The van der Waals surface area contributed by atoms with Gasteiger partial charge in [0, 0.05) is 23.9 Å². The smallest absolute Gasteiger partial charge is 0.439 e. The van der Waals surface area contributed by atoms with E-state index in [1.54, 1.807) is 18.2 Å². The summed E-state index contributed by atoms with van der Waals surface area (Å²) in [6, 6.07) is 13.8. The molecule has 1 aliphatic rings. The summed E-state index contributed by atoms with van der Waals surface area (Å²) in [5, 5.41) is 18.8. The van der Waals surface area contributed by atoms with Crippen molar-refractivity contribution in [2.45, 2.75) is 25.4 Å². The summed E-state index contributed by atoms with van der Waals surface area (Å²) < 4.78 is 5.84. The molecule has 16 nitrogen and oxygen atoms in total. The molecule has 0 fully saturated rings. The highest BCUT2D eigenvalue weighted by Gasteiger charge is 2.26. The number of hydrogen-bond donors (Lipinski definition) is 6. The molecule has 1 aliphatic carbocycles. The highest BCUT2D eigenvalue weighted by atomic mass is 35.5. The molecule has 0 aliphatic heterocycles. The Morgan fingerprint density at radius 3 is 2.62 bits per heavy atom. The standard InChI is InChI=1S/C19H14N6O5.C11H11N3O2.ClH/c26-17(13-6-14(18(27)28)25-8-20-7-15(25)21-13)22-12-4-2-9-5-10(1-3-11(9)12)16-23-19(29)30-24-16;12-5-6-2-1-3-7(4-6)14-9-8(13)10(15)11(9)16;/h1,3,5-8,12H,2,4H2,(H,22,26)(H,27,28)(H,23,24,29);1-4,14H,5,12-13H2;1H/t12-;;/m0../s1. The lowest BCUT2D eigenvalue weighted by molar-refractivity contribution is 0.0688. The van der Waals surface area contributed by atoms with E-state index >= 15 is 0 Å². The van der Waals surface area contributed by atoms with Crippen molar-refractivity contribution < 1.29 is 19.2 Å². The van der Waals surface area contributed by atoms with Crippen LogP contribution in [-0.2, 0) is 13.0 Å². The number of nitrogen functional groups attached to an aromatic ring is 1. The number of hydrogen-bond acceptors (Lipinski definition) is 12. The fourth-order valence-corrected chi connectivity index (χ4v) is 5.15. The number of aromatic nitrogens is 5. The molecule has 3 aromatic heterocycles. The Kier molecular flexibility index (Phi) is 8.98. The number of rotatable bonds is 7. The molecule has 8 N–H and O–H groups in total. The molecule has 3 heterocycles. The third kappa shape index (κ3) is 6.35. The number of amides is 1. The second kappa shape index (κ2) is 13.1. The highest BCUT2D eigenvalue weighted by molar-refractivity contribution is 5.96. The Balaban J connectivity index is 0.000000217. The second-order valence-electron chi connectivity index (χ2n) is 10.4. The quantitative estimate of drug-likeness (QED) is 0.134. The van der Waals surface area contributed by atoms with Crippen molar-refractivity contribution in [3.8, 4) is 11.4 Å². The van der Waals surface area contributed by atoms with E-state index in [0.29, 0.717) is 30.0 Å². The van der Waals surface area contributed by atoms with Gasteiger partial charge >= 0.3 is 11.7 Å². The summed E-state index contributed by atoms with van der Waals surface area (Å²) in [5.74, 6) is -1.93. The van der Waals surface area contributed by atoms with Crippen molar-refractivity contribution >= 4 is 47.0 Å². The number of nitrogens with two attached hydrogens (primary N) is 2. The number of benzene rings is 2. The molecule has 0 unspecified atom stereocenters. The van der Waals surface area contributed by atoms with Crippen LogP contribution < -0.4 is 38.7 Å². The molecule has 6 aromatic rings. The molecule has 0 saturated heterocycles. The van der Waals surface area contributed by atoms with E-state index in [1.165, 1.54) is 23.0 Å². The van der Waals surface area contributed by atoms with E-state index in [1.807, 2.05) is 24.3 Å². The van der Waals surface area contributed by atoms with Crippen molar-refractivity contribution in [3.05, 3.63) is 120 Å². The number of carboxylic acid groups (broad SMARTS) is 1. The first-order valence-corrected chi connectivity index (χ1v) is 13.8. The fraction of sp³-hybridized carbons (Fsp3) is 0.133. The lowest BCUT2D eigenvalue weighted by Gasteiger charge is -2.14. The number of aromatic carboxylic acids is 1. The van der Waals surface area contributed by atoms with Crippen molar-refractivity contribution in [2.24, 2.45) is 5.73 Å². The molecule has 0 bridgehead atoms. The van der Waals surface area contributed by atoms with Crippen molar-refractivity contribution in [3.63, 3.8) is 0 Å². The van der Waals surface area contributed by atoms with E-state index in [0.717, 1.165) is 23.1 Å². The van der Waals surface area contributed by atoms with Gasteiger partial charge in [-0.1, -0.05) is 29.4 Å². The third-order valence-electron chi connectivity index (χ3n) is 7.46. The molecule has 47 heavy (non-hydrogen) atoms. The van der Waals surface area contributed by atoms with Crippen LogP contribution in [0.2, 0.25) is 0 Å². The third-order valence-corrected chi connectivity index (χ3v) is 7.46. The number of imidazole rings is 1. The number of aryl methyl sites for hydroxylation is 1. The van der Waals surface area contributed by atoms with Gasteiger partial charge in [0.15, 0.2) is 11.5 Å². The zero-order valence-corrected chi connectivity index (χ0v) is 25.0. The SMILES string of the molecule is Cl.NCc1cccc(Nc2c(N)c(=O)c2=O)c1.O=C(N[C@H]1CCc2cc(-c3noc(=O)[nH]3)ccc21)c1cc(C(=O)O)n2cncc2n1. The summed E-state index contributed by atoms with van der Waals surface area (Å²) >= 11 is 0. The van der Waals surface area contributed by atoms with E-state index in [-0.39, 0.29) is 46.9 Å². The zero-order chi connectivity index (χ0) is 32.5. The number of carbonyl (C=O) groups excluding carboxylic acids is 1. The molecule has 0 saturated carbocycles. The number of carboxylic acids is 1. The summed E-state index contributed by atoms with van der Waals surface area (Å²) in [7, 11) is 0. The number of halogens is 1. The molecule has 3 aromatic carbocycles. The first-order valence-electron chi connectivity index (χ1n) is 13.8. The van der Waals surface area contributed by atoms with Crippen LogP contribution in [0.3, 0.4) is 0 Å². The van der Waals surface area contributed by atoms with Gasteiger partial charge in [-0.25, -0.2) is 19.6 Å². The maximum absolute atomic E-state index is 12.8. The average Bonchev–Trinajstić information content (AvgIpc) is 3.82. The molecule has 240 valence electrons. The minimum Gasteiger partial charge on any atom is -0.477 e. The van der Waals surface area contributed by atoms with Gasteiger partial charge in [0.25, 0.3) is 16.8 Å². The Morgan fingerprint density at radius 2 is 1.91 bits per heavy atom. The number of fused-ring (bicyclic) bond motifs is 2. The van der Waals surface area contributed by atoms with Gasteiger partial charge in [0.05, 0.1) is 12.2 Å². The second-order valence-corrected chi connectivity index (χ2v) is 10.4. The maximum Gasteiger partial charge on any atom is 0.439 e. The van der Waals surface area contributed by atoms with E-state index in [4.69, 9.17) is 11.5 Å². The monoisotopic (exact) mass is 659 g/mol. The zero-order valence-electron chi connectivity index (χ0n) is 24.2. The van der Waals surface area contributed by atoms with Crippen LogP contribution in [0.15, 0.2) is 80.0 Å². The number of nitrogens with one attached hydrogen (secondary N) is 3. The molecule has 7 rings (SSSR count). The Morgan fingerprint density at radius 1 is 1.11 bits per heavy atom. The minimum atomic E-state index is -1.18. The number of carbonyl (C=O) groups is 2. The van der Waals surface area contributed by atoms with Crippen LogP contribution in [-0.4, -0.2) is 41.5 Å². The van der Waals surface area contributed by atoms with Crippen LogP contribution >= 0.6 is 12.4 Å². The van der Waals surface area contributed by atoms with E-state index < -0.39 is 28.5 Å². The van der Waals surface area contributed by atoms with E-state index in [9.17, 15) is 29.1 Å². The van der Waals surface area contributed by atoms with Gasteiger partial charge in [-0.2, -0.15) is 0 Å². The summed E-state index contributed by atoms with van der Waals surface area (Å²) in [6.45, 7) is 0.414. The van der Waals surface area contributed by atoms with Gasteiger partial charge in [0.1, 0.15) is 29.1 Å². The Labute approximate surface area is 269 Å². The van der Waals surface area contributed by atoms with Crippen molar-refractivity contribution in [1.82, 2.24) is 29.8 Å². The fourth-order valence-electron chi connectivity index (χ4n) is 5.15. The molecule has 17 heteroatoms. The van der Waals surface area contributed by atoms with Crippen LogP contribution in [0.4, 0.5) is 17.1 Å². The summed E-state index contributed by atoms with van der Waals surface area (Å²) in [5.41, 5.74) is 14.3. The van der Waals surface area contributed by atoms with Crippen LogP contribution in [0.25, 0.3) is 17.0 Å². The lowest BCUT2D eigenvalue weighted by atomic mass is 10.0. The first-order chi connectivity index (χ1) is 22.1. The molecule has 1 atom stereocenters. The van der Waals surface area contributed by atoms with Crippen molar-refractivity contribution in [1.29, 1.82) is 0 Å². The maximum atomic E-state index is 12.8. The van der Waals surface area contributed by atoms with Gasteiger partial charge in [-0.3, -0.25) is 28.3 Å². The van der Waals surface area contributed by atoms with Crippen LogP contribution in [0.1, 0.15) is 50.1 Å². The van der Waals surface area contributed by atoms with Gasteiger partial charge < -0.3 is 27.2 Å². The van der Waals surface area contributed by atoms with Gasteiger partial charge in [0.2, 0.25) is 0 Å². The first kappa shape index (κ1) is 32.3. The number of aromatic amines is 1.